The minimum atomic E-state index is -1.55. The molecule has 4 N–H and O–H groups in total. The Hall–Kier alpha value is -5.90. The average molecular weight is 910 g/mol. The first-order chi connectivity index (χ1) is 30.9. The fourth-order valence-electron chi connectivity index (χ4n) is 9.35. The molecule has 3 aromatic carbocycles. The van der Waals surface area contributed by atoms with E-state index in [-0.39, 0.29) is 47.5 Å². The molecule has 3 aromatic rings. The Kier molecular flexibility index (Phi) is 15.6. The van der Waals surface area contributed by atoms with Crippen molar-refractivity contribution in [3.63, 3.8) is 0 Å². The highest BCUT2D eigenvalue weighted by Gasteiger charge is 2.41. The van der Waals surface area contributed by atoms with E-state index >= 15 is 0 Å². The zero-order chi connectivity index (χ0) is 47.2. The minimum absolute atomic E-state index is 0.0364. The van der Waals surface area contributed by atoms with Crippen molar-refractivity contribution in [1.82, 2.24) is 20.4 Å². The number of carbonyl (C=O) groups excluding carboxylic acids is 6. The van der Waals surface area contributed by atoms with E-state index in [0.29, 0.717) is 50.1 Å². The first kappa shape index (κ1) is 48.6. The molecule has 3 aliphatic heterocycles. The molecule has 16 heteroatoms. The van der Waals surface area contributed by atoms with E-state index in [2.05, 4.69) is 94.3 Å². The summed E-state index contributed by atoms with van der Waals surface area (Å²) in [6.45, 7) is 15.2. The molecular weight excluding hydrogens is 843 g/mol. The molecule has 3 fully saturated rings. The number of alkyl carbamates (subject to hydrolysis) is 2. The first-order valence-electron chi connectivity index (χ1n) is 22.9. The van der Waals surface area contributed by atoms with Gasteiger partial charge in [0.1, 0.15) is 24.2 Å². The zero-order valence-corrected chi connectivity index (χ0v) is 40.3. The van der Waals surface area contributed by atoms with Crippen LogP contribution < -0.4 is 31.4 Å². The van der Waals surface area contributed by atoms with E-state index < -0.39 is 44.4 Å². The van der Waals surface area contributed by atoms with Crippen molar-refractivity contribution in [3.05, 3.63) is 83.9 Å². The Labute approximate surface area is 384 Å². The maximum absolute atomic E-state index is 13.7. The number of hydrogen-bond donors (Lipinski definition) is 4. The second-order valence-electron chi connectivity index (χ2n) is 19.1. The molecule has 0 radical (unpaired) electrons. The van der Waals surface area contributed by atoms with E-state index in [1.165, 1.54) is 19.4 Å². The molecular formula is C49H67N7O8Si-. The molecule has 6 amide bonds. The van der Waals surface area contributed by atoms with Crippen LogP contribution in [0.4, 0.5) is 26.7 Å². The summed E-state index contributed by atoms with van der Waals surface area (Å²) in [4.78, 5) is 84.1. The molecule has 0 unspecified atom stereocenters. The molecule has 0 saturated carbocycles. The van der Waals surface area contributed by atoms with Gasteiger partial charge in [-0.1, -0.05) is 64.1 Å². The van der Waals surface area contributed by atoms with Crippen LogP contribution in [0, 0.1) is 11.8 Å². The summed E-state index contributed by atoms with van der Waals surface area (Å²) in [7, 11) is 0.954. The fourth-order valence-corrected chi connectivity index (χ4v) is 10.5. The highest BCUT2D eigenvalue weighted by atomic mass is 28.3. The van der Waals surface area contributed by atoms with Crippen molar-refractivity contribution < 1.29 is 38.2 Å². The van der Waals surface area contributed by atoms with Gasteiger partial charge >= 0.3 is 12.2 Å². The molecule has 3 saturated heterocycles. The lowest BCUT2D eigenvalue weighted by Crippen LogP contribution is -2.54. The maximum atomic E-state index is 13.7. The number of hydrogen-bond acceptors (Lipinski definition) is 9. The molecule has 65 heavy (non-hydrogen) atoms. The van der Waals surface area contributed by atoms with Gasteiger partial charge in [-0.25, -0.2) is 9.59 Å². The lowest BCUT2D eigenvalue weighted by molar-refractivity contribution is -0.139. The van der Waals surface area contributed by atoms with Crippen molar-refractivity contribution in [2.45, 2.75) is 122 Å². The summed E-state index contributed by atoms with van der Waals surface area (Å²) in [6.07, 6.45) is 2.80. The molecule has 351 valence electrons. The van der Waals surface area contributed by atoms with Gasteiger partial charge in [-0.3, -0.25) is 19.2 Å². The van der Waals surface area contributed by atoms with Crippen LogP contribution in [0.1, 0.15) is 89.4 Å². The van der Waals surface area contributed by atoms with Crippen LogP contribution in [0.5, 0.6) is 0 Å². The van der Waals surface area contributed by atoms with E-state index in [4.69, 9.17) is 9.47 Å². The Balaban J connectivity index is 1.17. The van der Waals surface area contributed by atoms with Crippen molar-refractivity contribution in [2.24, 2.45) is 11.8 Å². The van der Waals surface area contributed by atoms with Crippen LogP contribution in [0.25, 0.3) is 0 Å². The molecule has 3 aliphatic rings. The standard InChI is InChI=1S/C49H67N7O8Si/c1-30(2)42(52-48(61)63-5)46(59)54-28-10-12-40(54)44(57)50-34-18-14-32(15-19-34)38-26-27-39(56(38)36-22-24-37(25-23-36)65(7,8)9)33-16-20-35(21-17-33)51-45(58)41-13-11-29-55(41)47(60)43(31(3)4)53-49(62)64-6/h14-25,30-31,38-43H,10-13,26-29H2,1-9H3,(H,50,57)(H,51,58)(H,52,61)(H,53,62)/q-1/t38-,39+,40-,41-,42-,43-/m0/s1. The molecule has 15 nitrogen and oxygen atoms in total. The Morgan fingerprint density at radius 3 is 1.29 bits per heavy atom. The van der Waals surface area contributed by atoms with Crippen LogP contribution in [0.2, 0.25) is 19.6 Å². The highest BCUT2D eigenvalue weighted by Crippen LogP contribution is 2.47. The Bertz CT molecular complexity index is 2050. The predicted molar refractivity (Wildman–Crippen MR) is 255 cm³/mol. The first-order valence-corrected chi connectivity index (χ1v) is 26.4. The highest BCUT2D eigenvalue weighted by molar-refractivity contribution is 6.88. The Morgan fingerprint density at radius 1 is 0.569 bits per heavy atom. The van der Waals surface area contributed by atoms with Gasteiger partial charge in [0.25, 0.3) is 0 Å². The number of methoxy groups -OCH3 is 2. The van der Waals surface area contributed by atoms with E-state index in [1.807, 2.05) is 52.0 Å². The average Bonchev–Trinajstić information content (AvgIpc) is 4.08. The van der Waals surface area contributed by atoms with Crippen LogP contribution in [-0.4, -0.2) is 105 Å². The number of amides is 6. The third-order valence-electron chi connectivity index (χ3n) is 13.0. The van der Waals surface area contributed by atoms with E-state index in [1.54, 1.807) is 9.80 Å². The van der Waals surface area contributed by atoms with Gasteiger partial charge in [0.2, 0.25) is 23.6 Å². The number of nitrogens with one attached hydrogen (secondary N) is 4. The van der Waals surface area contributed by atoms with Crippen LogP contribution in [-0.2, 0) is 28.7 Å². The molecule has 3 heterocycles. The molecule has 0 bridgehead atoms. The summed E-state index contributed by atoms with van der Waals surface area (Å²) in [6, 6.07) is 22.0. The molecule has 0 aliphatic carbocycles. The minimum Gasteiger partial charge on any atom is -0.453 e. The lowest BCUT2D eigenvalue weighted by atomic mass is 10.0. The maximum Gasteiger partial charge on any atom is 0.407 e. The smallest absolute Gasteiger partial charge is 0.407 e. The fraction of sp³-hybridized carbons (Fsp3) is 0.510. The van der Waals surface area contributed by atoms with E-state index in [0.717, 1.165) is 29.7 Å². The zero-order valence-electron chi connectivity index (χ0n) is 39.3. The van der Waals surface area contributed by atoms with Crippen LogP contribution in [0.3, 0.4) is 0 Å². The van der Waals surface area contributed by atoms with Gasteiger partial charge < -0.3 is 45.4 Å². The number of anilines is 3. The quantitative estimate of drug-likeness (QED) is 0.125. The van der Waals surface area contributed by atoms with Crippen molar-refractivity contribution >= 4 is 66.1 Å². The van der Waals surface area contributed by atoms with Crippen molar-refractivity contribution in [1.29, 1.82) is 0 Å². The van der Waals surface area contributed by atoms with E-state index in [9.17, 15) is 28.8 Å². The topological polar surface area (TPSA) is 179 Å². The lowest BCUT2D eigenvalue weighted by Gasteiger charge is -2.35. The third-order valence-corrected chi connectivity index (χ3v) is 15.1. The van der Waals surface area contributed by atoms with Crippen molar-refractivity contribution in [3.8, 4) is 0 Å². The number of rotatable bonds is 14. The molecule has 6 atom stereocenters. The van der Waals surface area contributed by atoms with Gasteiger partial charge in [-0.05, 0) is 97.9 Å². The summed E-state index contributed by atoms with van der Waals surface area (Å²) in [5.41, 5.74) is 4.58. The normalized spacial score (nSPS) is 20.6. The number of nitrogens with zero attached hydrogens (tertiary/aromatic N) is 3. The Morgan fingerprint density at radius 2 is 0.954 bits per heavy atom. The van der Waals surface area contributed by atoms with Gasteiger partial charge in [-0.15, -0.1) is 8.07 Å². The summed E-state index contributed by atoms with van der Waals surface area (Å²) in [5.74, 6) is -1.54. The predicted octanol–water partition coefficient (Wildman–Crippen LogP) is 6.93. The summed E-state index contributed by atoms with van der Waals surface area (Å²) in [5, 5.41) is 12.7. The molecule has 0 spiro atoms. The summed E-state index contributed by atoms with van der Waals surface area (Å²) < 4.78 is 9.49. The largest absolute Gasteiger partial charge is 0.453 e. The van der Waals surface area contributed by atoms with Gasteiger partial charge in [0.05, 0.1) is 26.3 Å². The van der Waals surface area contributed by atoms with Crippen LogP contribution >= 0.6 is 0 Å². The number of ether oxygens (including phenoxy) is 2. The van der Waals surface area contributed by atoms with Crippen LogP contribution in [0.15, 0.2) is 72.8 Å². The number of benzene rings is 3. The second kappa shape index (κ2) is 20.9. The van der Waals surface area contributed by atoms with Crippen molar-refractivity contribution in [2.75, 3.05) is 42.8 Å². The third kappa shape index (κ3) is 11.3. The van der Waals surface area contributed by atoms with Gasteiger partial charge in [0.15, 0.2) is 0 Å². The summed E-state index contributed by atoms with van der Waals surface area (Å²) >= 11 is 0. The number of likely N-dealkylation sites (tertiary alicyclic amines) is 2. The second-order valence-corrected chi connectivity index (χ2v) is 24.2. The monoisotopic (exact) mass is 909 g/mol. The van der Waals surface area contributed by atoms with Gasteiger partial charge in [-0.2, -0.15) is 24.8 Å². The number of carbonyl (C=O) groups is 6. The van der Waals surface area contributed by atoms with Gasteiger partial charge in [0, 0.05) is 30.2 Å². The molecule has 6 rings (SSSR count). The molecule has 0 aromatic heterocycles. The SMILES string of the molecule is COC(=O)N[C@H](C(=O)N1CCC[C@H]1C(=O)Nc1ccc([C@H]2CC[C@@H](c3ccc(NC(=O)[C@@H]4CCCN4C(=O)[C@@H](NC(=O)OC)C(C)C)cc3)N2c2ccc([Si-](C)(C)C)cc2)cc1)C(C)C.